The number of imidazole rings is 1. The van der Waals surface area contributed by atoms with Crippen LogP contribution in [-0.4, -0.2) is 15.4 Å². The molecule has 3 aromatic rings. The van der Waals surface area contributed by atoms with Gasteiger partial charge in [-0.3, -0.25) is 0 Å². The molecule has 0 saturated carbocycles. The average molecular weight is 388 g/mol. The van der Waals surface area contributed by atoms with E-state index in [9.17, 15) is 4.39 Å². The van der Waals surface area contributed by atoms with Crippen molar-refractivity contribution in [2.45, 2.75) is 19.9 Å². The number of alkyl halides is 1. The maximum Gasteiger partial charge on any atom is 0.139 e. The van der Waals surface area contributed by atoms with E-state index in [4.69, 9.17) is 11.6 Å². The predicted molar refractivity (Wildman–Crippen MR) is 90.0 cm³/mol. The SMILES string of the molecule is Cc1cscc1Cn1c(CCCl)nc2cc(Br)c(F)cc21. The molecular weight excluding hydrogens is 375 g/mol. The zero-order valence-corrected chi connectivity index (χ0v) is 14.5. The van der Waals surface area contributed by atoms with Gasteiger partial charge in [0.25, 0.3) is 0 Å². The van der Waals surface area contributed by atoms with Crippen LogP contribution in [0.2, 0.25) is 0 Å². The molecule has 2 aromatic heterocycles. The second-order valence-corrected chi connectivity index (χ2v) is 6.86. The number of hydrogen-bond donors (Lipinski definition) is 0. The molecule has 0 unspecified atom stereocenters. The first-order chi connectivity index (χ1) is 10.1. The Morgan fingerprint density at radius 3 is 2.86 bits per heavy atom. The molecule has 6 heteroatoms. The van der Waals surface area contributed by atoms with Gasteiger partial charge in [0.1, 0.15) is 11.6 Å². The molecule has 0 aliphatic carbocycles. The second kappa shape index (κ2) is 6.07. The molecule has 0 N–H and O–H groups in total. The molecule has 0 aliphatic heterocycles. The van der Waals surface area contributed by atoms with Gasteiger partial charge in [0, 0.05) is 18.4 Å². The van der Waals surface area contributed by atoms with Crippen LogP contribution in [0.15, 0.2) is 27.4 Å². The number of hydrogen-bond acceptors (Lipinski definition) is 2. The highest BCUT2D eigenvalue weighted by atomic mass is 79.9. The summed E-state index contributed by atoms with van der Waals surface area (Å²) in [6.45, 7) is 2.78. The maximum absolute atomic E-state index is 13.9. The summed E-state index contributed by atoms with van der Waals surface area (Å²) >= 11 is 10.8. The van der Waals surface area contributed by atoms with Crippen LogP contribution in [0.4, 0.5) is 4.39 Å². The Bertz CT molecular complexity index is 796. The van der Waals surface area contributed by atoms with E-state index in [2.05, 4.69) is 43.2 Å². The summed E-state index contributed by atoms with van der Waals surface area (Å²) in [6, 6.07) is 3.26. The molecular formula is C15H13BrClFN2S. The van der Waals surface area contributed by atoms with Crippen LogP contribution in [-0.2, 0) is 13.0 Å². The minimum absolute atomic E-state index is 0.275. The van der Waals surface area contributed by atoms with Crippen molar-refractivity contribution < 1.29 is 4.39 Å². The summed E-state index contributed by atoms with van der Waals surface area (Å²) < 4.78 is 16.4. The zero-order valence-electron chi connectivity index (χ0n) is 11.4. The fraction of sp³-hybridized carbons (Fsp3) is 0.267. The Morgan fingerprint density at radius 1 is 1.38 bits per heavy atom. The van der Waals surface area contributed by atoms with E-state index in [1.807, 2.05) is 0 Å². The minimum Gasteiger partial charge on any atom is -0.323 e. The van der Waals surface area contributed by atoms with Gasteiger partial charge < -0.3 is 4.57 Å². The van der Waals surface area contributed by atoms with Gasteiger partial charge in [-0.1, -0.05) is 0 Å². The normalized spacial score (nSPS) is 11.4. The number of benzene rings is 1. The molecule has 0 saturated heterocycles. The molecule has 0 radical (unpaired) electrons. The third-order valence-electron chi connectivity index (χ3n) is 3.48. The summed E-state index contributed by atoms with van der Waals surface area (Å²) in [5.41, 5.74) is 4.08. The fourth-order valence-electron chi connectivity index (χ4n) is 2.34. The van der Waals surface area contributed by atoms with Crippen molar-refractivity contribution in [1.82, 2.24) is 9.55 Å². The van der Waals surface area contributed by atoms with Gasteiger partial charge in [0.05, 0.1) is 22.1 Å². The molecule has 0 bridgehead atoms. The quantitative estimate of drug-likeness (QED) is 0.567. The summed E-state index contributed by atoms with van der Waals surface area (Å²) in [5.74, 6) is 1.11. The summed E-state index contributed by atoms with van der Waals surface area (Å²) in [5, 5.41) is 4.24. The number of fused-ring (bicyclic) bond motifs is 1. The van der Waals surface area contributed by atoms with E-state index in [0.717, 1.165) is 16.9 Å². The molecule has 0 fully saturated rings. The molecule has 0 aliphatic rings. The number of thiophene rings is 1. The molecule has 2 heterocycles. The van der Waals surface area contributed by atoms with E-state index in [0.29, 0.717) is 23.3 Å². The minimum atomic E-state index is -0.275. The standard InChI is InChI=1S/C15H13BrClFN2S/c1-9-7-21-8-10(9)6-20-14-5-12(18)11(16)4-13(14)19-15(20)2-3-17/h4-5,7-8H,2-3,6H2,1H3. The van der Waals surface area contributed by atoms with Gasteiger partial charge in [-0.25, -0.2) is 9.37 Å². The number of halogens is 3. The van der Waals surface area contributed by atoms with Crippen molar-refractivity contribution in [3.8, 4) is 0 Å². The van der Waals surface area contributed by atoms with Crippen LogP contribution in [0.5, 0.6) is 0 Å². The third-order valence-corrected chi connectivity index (χ3v) is 5.18. The van der Waals surface area contributed by atoms with Gasteiger partial charge in [-0.05, 0) is 50.8 Å². The lowest BCUT2D eigenvalue weighted by Crippen LogP contribution is -2.06. The highest BCUT2D eigenvalue weighted by Crippen LogP contribution is 2.26. The van der Waals surface area contributed by atoms with E-state index >= 15 is 0 Å². The lowest BCUT2D eigenvalue weighted by atomic mass is 10.2. The second-order valence-electron chi connectivity index (χ2n) is 4.89. The highest BCUT2D eigenvalue weighted by molar-refractivity contribution is 9.10. The Morgan fingerprint density at radius 2 is 2.19 bits per heavy atom. The van der Waals surface area contributed by atoms with Crippen molar-refractivity contribution in [2.75, 3.05) is 5.88 Å². The Balaban J connectivity index is 2.15. The van der Waals surface area contributed by atoms with Crippen molar-refractivity contribution >= 4 is 49.9 Å². The Hall–Kier alpha value is -0.910. The van der Waals surface area contributed by atoms with Crippen LogP contribution in [0.1, 0.15) is 17.0 Å². The van der Waals surface area contributed by atoms with Gasteiger partial charge in [-0.2, -0.15) is 11.3 Å². The van der Waals surface area contributed by atoms with Crippen molar-refractivity contribution in [2.24, 2.45) is 0 Å². The molecule has 110 valence electrons. The molecule has 3 rings (SSSR count). The van der Waals surface area contributed by atoms with Crippen molar-refractivity contribution in [1.29, 1.82) is 0 Å². The van der Waals surface area contributed by atoms with Crippen LogP contribution < -0.4 is 0 Å². The van der Waals surface area contributed by atoms with Gasteiger partial charge >= 0.3 is 0 Å². The zero-order chi connectivity index (χ0) is 15.0. The molecule has 21 heavy (non-hydrogen) atoms. The van der Waals surface area contributed by atoms with Crippen LogP contribution in [0.3, 0.4) is 0 Å². The van der Waals surface area contributed by atoms with Crippen molar-refractivity contribution in [3.63, 3.8) is 0 Å². The fourth-order valence-corrected chi connectivity index (χ4v) is 3.69. The van der Waals surface area contributed by atoms with Gasteiger partial charge in [0.2, 0.25) is 0 Å². The predicted octanol–water partition coefficient (Wildman–Crippen LogP) is 5.14. The first kappa shape index (κ1) is 15.0. The number of rotatable bonds is 4. The average Bonchev–Trinajstić information content (AvgIpc) is 2.98. The lowest BCUT2D eigenvalue weighted by molar-refractivity contribution is 0.621. The third kappa shape index (κ3) is 2.87. The maximum atomic E-state index is 13.9. The molecule has 0 spiro atoms. The van der Waals surface area contributed by atoms with E-state index in [1.165, 1.54) is 17.2 Å². The number of aromatic nitrogens is 2. The first-order valence-electron chi connectivity index (χ1n) is 6.52. The monoisotopic (exact) mass is 386 g/mol. The Labute approximate surface area is 139 Å². The molecule has 0 amide bonds. The highest BCUT2D eigenvalue weighted by Gasteiger charge is 2.14. The van der Waals surface area contributed by atoms with Crippen LogP contribution in [0.25, 0.3) is 11.0 Å². The molecule has 2 nitrogen and oxygen atoms in total. The van der Waals surface area contributed by atoms with Gasteiger partial charge in [0.15, 0.2) is 0 Å². The summed E-state index contributed by atoms with van der Waals surface area (Å²) in [6.07, 6.45) is 0.665. The van der Waals surface area contributed by atoms with Crippen LogP contribution in [0, 0.1) is 12.7 Å². The van der Waals surface area contributed by atoms with E-state index in [-0.39, 0.29) is 5.82 Å². The van der Waals surface area contributed by atoms with Gasteiger partial charge in [-0.15, -0.1) is 11.6 Å². The first-order valence-corrected chi connectivity index (χ1v) is 8.79. The number of aryl methyl sites for hydroxylation is 2. The number of nitrogens with zero attached hydrogens (tertiary/aromatic N) is 2. The Kier molecular flexibility index (Phi) is 4.33. The van der Waals surface area contributed by atoms with Crippen molar-refractivity contribution in [3.05, 3.63) is 50.1 Å². The lowest BCUT2D eigenvalue weighted by Gasteiger charge is -2.08. The van der Waals surface area contributed by atoms with E-state index in [1.54, 1.807) is 17.4 Å². The summed E-state index contributed by atoms with van der Waals surface area (Å²) in [4.78, 5) is 4.60. The summed E-state index contributed by atoms with van der Waals surface area (Å²) in [7, 11) is 0. The molecule has 0 atom stereocenters. The van der Waals surface area contributed by atoms with Crippen LogP contribution >= 0.6 is 38.9 Å². The molecule has 1 aromatic carbocycles. The topological polar surface area (TPSA) is 17.8 Å². The van der Waals surface area contributed by atoms with E-state index < -0.39 is 0 Å². The largest absolute Gasteiger partial charge is 0.323 e. The smallest absolute Gasteiger partial charge is 0.139 e.